The molecular formula is C36H76N2O4S. The highest BCUT2D eigenvalue weighted by Gasteiger charge is 2.12. The molecule has 0 aliphatic heterocycles. The van der Waals surface area contributed by atoms with Crippen molar-refractivity contribution in [2.45, 2.75) is 184 Å². The fraction of sp³-hybridized carbons (Fsp3) is 0.861. The molecule has 0 spiro atoms. The Kier molecular flexibility index (Phi) is 63.4. The number of hydrogen-bond donors (Lipinski definition) is 3. The number of thiol groups is 1. The molecule has 0 heterocycles. The number of carbonyl (C=O) groups is 1. The topological polar surface area (TPSA) is 92.0 Å². The van der Waals surface area contributed by atoms with Gasteiger partial charge in [0.1, 0.15) is 5.71 Å². The first-order chi connectivity index (χ1) is 21.0. The molecule has 0 fully saturated rings. The molecular weight excluding hydrogens is 556 g/mol. The van der Waals surface area contributed by atoms with Crippen molar-refractivity contribution in [3.63, 3.8) is 0 Å². The molecule has 0 rings (SSSR count). The standard InChI is InChI=1S/C16H34O.C15H28N2OS.2C2H6.CH2O2/c1-3-5-6-7-8-9-10-11-12-13-14-15-16-17-4-2;1-4-7-9-10-12-18-15(16)14(17-19)13(6-3)11-8-5-2;2*1-2;2-1-3/h3-16H2,1-2H3;11,16,19H,4-10,12H2,1-3H3;2*1-2H3;1H,(H,2,3)/b;13-11+,16-15?,17-14-;;;. The van der Waals surface area contributed by atoms with Crippen molar-refractivity contribution in [2.24, 2.45) is 4.40 Å². The van der Waals surface area contributed by atoms with Crippen LogP contribution in [0.5, 0.6) is 0 Å². The van der Waals surface area contributed by atoms with Crippen LogP contribution in [0.4, 0.5) is 0 Å². The molecule has 0 unspecified atom stereocenters. The van der Waals surface area contributed by atoms with Crippen LogP contribution in [-0.4, -0.2) is 43.0 Å². The van der Waals surface area contributed by atoms with Crippen LogP contribution in [0.2, 0.25) is 0 Å². The third-order valence-electron chi connectivity index (χ3n) is 6.27. The minimum absolute atomic E-state index is 0.149. The first-order valence-corrected chi connectivity index (χ1v) is 18.2. The summed E-state index contributed by atoms with van der Waals surface area (Å²) in [5.74, 6) is 0.149. The fourth-order valence-electron chi connectivity index (χ4n) is 3.94. The molecule has 6 nitrogen and oxygen atoms in total. The van der Waals surface area contributed by atoms with Gasteiger partial charge in [0.25, 0.3) is 6.47 Å². The highest BCUT2D eigenvalue weighted by molar-refractivity contribution is 7.79. The SMILES string of the molecule is CC.CC.CCC/C=C(CC)/C(=N/S)C(=N)OCCCCCC.CCCCCCCCCCCCCCOCC.O=CO. The molecule has 0 saturated heterocycles. The monoisotopic (exact) mass is 633 g/mol. The van der Waals surface area contributed by atoms with Gasteiger partial charge in [0, 0.05) is 13.2 Å². The van der Waals surface area contributed by atoms with Crippen LogP contribution in [0.15, 0.2) is 16.0 Å². The molecule has 7 heteroatoms. The van der Waals surface area contributed by atoms with Crippen LogP contribution >= 0.6 is 12.8 Å². The van der Waals surface area contributed by atoms with Gasteiger partial charge in [-0.15, -0.1) is 0 Å². The van der Waals surface area contributed by atoms with Gasteiger partial charge in [-0.2, -0.15) is 0 Å². The summed E-state index contributed by atoms with van der Waals surface area (Å²) in [6.07, 6.45) is 26.6. The molecule has 0 atom stereocenters. The number of carboxylic acid groups (broad SMARTS) is 1. The number of ether oxygens (including phenoxy) is 2. The van der Waals surface area contributed by atoms with E-state index in [1.54, 1.807) is 0 Å². The highest BCUT2D eigenvalue weighted by Crippen LogP contribution is 2.12. The molecule has 0 aromatic heterocycles. The lowest BCUT2D eigenvalue weighted by atomic mass is 10.1. The van der Waals surface area contributed by atoms with Gasteiger partial charge >= 0.3 is 0 Å². The van der Waals surface area contributed by atoms with Gasteiger partial charge in [-0.3, -0.25) is 10.2 Å². The Bertz CT molecular complexity index is 555. The highest BCUT2D eigenvalue weighted by atomic mass is 32.1. The average Bonchev–Trinajstić information content (AvgIpc) is 3.04. The zero-order valence-electron chi connectivity index (χ0n) is 30.3. The average molecular weight is 633 g/mol. The Morgan fingerprint density at radius 2 is 1.09 bits per heavy atom. The predicted octanol–water partition coefficient (Wildman–Crippen LogP) is 12.5. The molecule has 43 heavy (non-hydrogen) atoms. The summed E-state index contributed by atoms with van der Waals surface area (Å²) >= 11 is 3.98. The lowest BCUT2D eigenvalue weighted by molar-refractivity contribution is -0.122. The van der Waals surface area contributed by atoms with Gasteiger partial charge in [-0.25, -0.2) is 4.40 Å². The zero-order valence-corrected chi connectivity index (χ0v) is 31.2. The summed E-state index contributed by atoms with van der Waals surface area (Å²) in [5.41, 5.74) is 1.63. The third kappa shape index (κ3) is 47.8. The second-order valence-corrected chi connectivity index (χ2v) is 9.95. The van der Waals surface area contributed by atoms with E-state index in [2.05, 4.69) is 57.9 Å². The maximum atomic E-state index is 8.36. The van der Waals surface area contributed by atoms with Crippen molar-refractivity contribution >= 4 is 30.9 Å². The second kappa shape index (κ2) is 53.2. The summed E-state index contributed by atoms with van der Waals surface area (Å²) in [6, 6.07) is 0. The zero-order chi connectivity index (χ0) is 33.8. The quantitative estimate of drug-likeness (QED) is 0.0324. The molecule has 0 bridgehead atoms. The van der Waals surface area contributed by atoms with Crippen molar-refractivity contribution in [2.75, 3.05) is 19.8 Å². The summed E-state index contributed by atoms with van der Waals surface area (Å²) in [5, 5.41) is 14.8. The Labute approximate surface area is 275 Å². The molecule has 0 saturated carbocycles. The van der Waals surface area contributed by atoms with Gasteiger partial charge in [0.15, 0.2) is 0 Å². The molecule has 260 valence electrons. The van der Waals surface area contributed by atoms with Crippen LogP contribution in [0.1, 0.15) is 184 Å². The molecule has 0 aromatic rings. The Hall–Kier alpha value is -1.34. The van der Waals surface area contributed by atoms with Gasteiger partial charge in [0.2, 0.25) is 5.90 Å². The molecule has 0 radical (unpaired) electrons. The van der Waals surface area contributed by atoms with Crippen molar-refractivity contribution < 1.29 is 19.4 Å². The Morgan fingerprint density at radius 3 is 1.47 bits per heavy atom. The normalized spacial score (nSPS) is 10.5. The van der Waals surface area contributed by atoms with Crippen LogP contribution < -0.4 is 0 Å². The van der Waals surface area contributed by atoms with Crippen molar-refractivity contribution in [1.82, 2.24) is 0 Å². The van der Waals surface area contributed by atoms with E-state index < -0.39 is 0 Å². The summed E-state index contributed by atoms with van der Waals surface area (Å²) < 4.78 is 14.7. The van der Waals surface area contributed by atoms with E-state index in [1.165, 1.54) is 89.9 Å². The lowest BCUT2D eigenvalue weighted by Crippen LogP contribution is -2.19. The summed E-state index contributed by atoms with van der Waals surface area (Å²) in [6.45, 7) is 20.9. The van der Waals surface area contributed by atoms with Gasteiger partial charge < -0.3 is 14.6 Å². The van der Waals surface area contributed by atoms with Gasteiger partial charge in [-0.05, 0) is 51.0 Å². The van der Waals surface area contributed by atoms with Gasteiger partial charge in [-0.1, -0.05) is 158 Å². The lowest BCUT2D eigenvalue weighted by Gasteiger charge is -2.11. The van der Waals surface area contributed by atoms with Crippen molar-refractivity contribution in [3.8, 4) is 0 Å². The van der Waals surface area contributed by atoms with E-state index in [4.69, 9.17) is 24.8 Å². The van der Waals surface area contributed by atoms with E-state index in [9.17, 15) is 0 Å². The Morgan fingerprint density at radius 1 is 0.698 bits per heavy atom. The number of nitrogens with zero attached hydrogens (tertiary/aromatic N) is 1. The predicted molar refractivity (Wildman–Crippen MR) is 196 cm³/mol. The largest absolute Gasteiger partial charge is 0.483 e. The minimum atomic E-state index is -0.250. The third-order valence-corrected chi connectivity index (χ3v) is 6.47. The first-order valence-electron chi connectivity index (χ1n) is 17.8. The smallest absolute Gasteiger partial charge is 0.290 e. The van der Waals surface area contributed by atoms with Crippen LogP contribution in [0, 0.1) is 5.41 Å². The Balaban J connectivity index is -0.000000185. The number of rotatable bonds is 24. The van der Waals surface area contributed by atoms with Crippen molar-refractivity contribution in [1.29, 1.82) is 5.41 Å². The van der Waals surface area contributed by atoms with E-state index in [0.29, 0.717) is 12.3 Å². The molecule has 2 N–H and O–H groups in total. The maximum Gasteiger partial charge on any atom is 0.290 e. The minimum Gasteiger partial charge on any atom is -0.483 e. The molecule has 0 aliphatic rings. The number of unbranched alkanes of at least 4 members (excludes halogenated alkanes) is 15. The van der Waals surface area contributed by atoms with Crippen LogP contribution in [0.3, 0.4) is 0 Å². The maximum absolute atomic E-state index is 8.36. The van der Waals surface area contributed by atoms with E-state index in [-0.39, 0.29) is 12.4 Å². The van der Waals surface area contributed by atoms with Gasteiger partial charge in [0.05, 0.1) is 6.61 Å². The van der Waals surface area contributed by atoms with E-state index in [1.807, 2.05) is 27.7 Å². The van der Waals surface area contributed by atoms with E-state index >= 15 is 0 Å². The molecule has 0 aliphatic carbocycles. The number of hydrogen-bond acceptors (Lipinski definition) is 6. The van der Waals surface area contributed by atoms with E-state index in [0.717, 1.165) is 50.9 Å². The molecule has 0 amide bonds. The first kappa shape index (κ1) is 51.2. The summed E-state index contributed by atoms with van der Waals surface area (Å²) in [4.78, 5) is 8.36. The fourth-order valence-corrected chi connectivity index (χ4v) is 4.16. The second-order valence-electron chi connectivity index (χ2n) is 9.75. The number of allylic oxidation sites excluding steroid dienone is 1. The van der Waals surface area contributed by atoms with Crippen LogP contribution in [-0.2, 0) is 14.3 Å². The molecule has 0 aromatic carbocycles. The summed E-state index contributed by atoms with van der Waals surface area (Å²) in [7, 11) is 0. The van der Waals surface area contributed by atoms with Crippen molar-refractivity contribution in [3.05, 3.63) is 11.6 Å². The number of nitrogens with one attached hydrogen (secondary N) is 1. The van der Waals surface area contributed by atoms with Crippen LogP contribution in [0.25, 0.3) is 0 Å².